The first-order valence-corrected chi connectivity index (χ1v) is 6.93. The molecule has 0 aliphatic heterocycles. The lowest BCUT2D eigenvalue weighted by molar-refractivity contribution is 1.38. The van der Waals surface area contributed by atoms with Crippen LogP contribution < -0.4 is 5.73 Å². The Bertz CT molecular complexity index is 754. The molecule has 0 radical (unpaired) electrons. The average Bonchev–Trinajstić information content (AvgIpc) is 2.44. The Kier molecular flexibility index (Phi) is 3.17. The molecule has 0 bridgehead atoms. The van der Waals surface area contributed by atoms with Gasteiger partial charge in [0, 0.05) is 16.0 Å². The molecule has 2 nitrogen and oxygen atoms in total. The Labute approximate surface area is 124 Å². The number of aromatic nitrogens is 1. The van der Waals surface area contributed by atoms with Crippen molar-refractivity contribution in [2.75, 3.05) is 5.73 Å². The number of anilines is 1. The normalized spacial score (nSPS) is 10.8. The second-order valence-corrected chi connectivity index (χ2v) is 5.44. The maximum atomic E-state index is 6.17. The van der Waals surface area contributed by atoms with Crippen LogP contribution in [0.3, 0.4) is 0 Å². The number of rotatable bonds is 1. The largest absolute Gasteiger partial charge is 0.397 e. The van der Waals surface area contributed by atoms with E-state index in [0.29, 0.717) is 10.7 Å². The minimum absolute atomic E-state index is 0.702. The third-order valence-electron chi connectivity index (χ3n) is 2.99. The summed E-state index contributed by atoms with van der Waals surface area (Å²) in [5, 5.41) is 1.65. The first-order valence-electron chi connectivity index (χ1n) is 5.76. The molecule has 0 amide bonds. The van der Waals surface area contributed by atoms with Crippen molar-refractivity contribution < 1.29 is 0 Å². The van der Waals surface area contributed by atoms with E-state index in [1.165, 1.54) is 0 Å². The predicted octanol–water partition coefficient (Wildman–Crippen LogP) is 4.90. The molecule has 0 unspecified atom stereocenters. The quantitative estimate of drug-likeness (QED) is 0.688. The lowest BCUT2D eigenvalue weighted by atomic mass is 10.1. The number of nitrogens with zero attached hydrogens (tertiary/aromatic N) is 1. The van der Waals surface area contributed by atoms with Gasteiger partial charge in [0.1, 0.15) is 0 Å². The number of hydrogen-bond acceptors (Lipinski definition) is 2. The van der Waals surface area contributed by atoms with Crippen LogP contribution in [0.4, 0.5) is 5.69 Å². The first kappa shape index (κ1) is 12.5. The number of fused-ring (bicyclic) bond motifs is 1. The number of halogens is 2. The van der Waals surface area contributed by atoms with Crippen molar-refractivity contribution in [3.8, 4) is 11.3 Å². The lowest BCUT2D eigenvalue weighted by Gasteiger charge is -2.10. The van der Waals surface area contributed by atoms with Gasteiger partial charge in [-0.1, -0.05) is 41.9 Å². The molecular formula is C15H10BrClN2. The maximum absolute atomic E-state index is 6.17. The van der Waals surface area contributed by atoms with Crippen LogP contribution in [0.5, 0.6) is 0 Å². The van der Waals surface area contributed by atoms with E-state index in [1.54, 1.807) is 0 Å². The zero-order valence-electron chi connectivity index (χ0n) is 9.90. The molecule has 0 aliphatic rings. The van der Waals surface area contributed by atoms with Crippen molar-refractivity contribution in [2.24, 2.45) is 0 Å². The fourth-order valence-electron chi connectivity index (χ4n) is 2.01. The van der Waals surface area contributed by atoms with Crippen LogP contribution in [0, 0.1) is 0 Å². The molecule has 0 saturated heterocycles. The summed E-state index contributed by atoms with van der Waals surface area (Å²) >= 11 is 9.44. The summed E-state index contributed by atoms with van der Waals surface area (Å²) in [5.41, 5.74) is 9.57. The molecule has 19 heavy (non-hydrogen) atoms. The van der Waals surface area contributed by atoms with Crippen LogP contribution in [0.15, 0.2) is 53.0 Å². The molecule has 94 valence electrons. The molecule has 1 aromatic heterocycles. The lowest BCUT2D eigenvalue weighted by Crippen LogP contribution is -1.95. The third-order valence-corrected chi connectivity index (χ3v) is 4.04. The topological polar surface area (TPSA) is 38.9 Å². The summed E-state index contributed by atoms with van der Waals surface area (Å²) in [4.78, 5) is 4.67. The van der Waals surface area contributed by atoms with Gasteiger partial charge in [0.25, 0.3) is 0 Å². The Morgan fingerprint density at radius 3 is 2.42 bits per heavy atom. The molecule has 0 fully saturated rings. The highest BCUT2D eigenvalue weighted by Gasteiger charge is 2.11. The molecule has 2 aromatic carbocycles. The fraction of sp³-hybridized carbons (Fsp3) is 0. The monoisotopic (exact) mass is 332 g/mol. The molecule has 0 atom stereocenters. The van der Waals surface area contributed by atoms with Gasteiger partial charge < -0.3 is 5.73 Å². The van der Waals surface area contributed by atoms with Crippen LogP contribution in [0.1, 0.15) is 0 Å². The first-order chi connectivity index (χ1) is 9.16. The van der Waals surface area contributed by atoms with E-state index in [4.69, 9.17) is 17.3 Å². The standard InChI is InChI=1S/C15H10BrClN2/c16-13-14(18)11-3-1-2-4-12(11)19-15(13)9-5-7-10(17)8-6-9/h1-8H,(H2,18,19). The van der Waals surface area contributed by atoms with Crippen LogP contribution in [0.2, 0.25) is 5.02 Å². The second kappa shape index (κ2) is 4.83. The Balaban J connectivity index is 2.29. The third kappa shape index (κ3) is 2.20. The summed E-state index contributed by atoms with van der Waals surface area (Å²) in [6.45, 7) is 0. The minimum Gasteiger partial charge on any atom is -0.397 e. The zero-order chi connectivity index (χ0) is 13.4. The second-order valence-electron chi connectivity index (χ2n) is 4.21. The molecule has 3 aromatic rings. The summed E-state index contributed by atoms with van der Waals surface area (Å²) in [6.07, 6.45) is 0. The smallest absolute Gasteiger partial charge is 0.0872 e. The van der Waals surface area contributed by atoms with Crippen molar-refractivity contribution in [1.82, 2.24) is 4.98 Å². The number of nitrogen functional groups attached to an aromatic ring is 1. The highest BCUT2D eigenvalue weighted by Crippen LogP contribution is 2.36. The van der Waals surface area contributed by atoms with Gasteiger partial charge in [-0.15, -0.1) is 0 Å². The van der Waals surface area contributed by atoms with Crippen LogP contribution >= 0.6 is 27.5 Å². The molecule has 2 N–H and O–H groups in total. The van der Waals surface area contributed by atoms with E-state index < -0.39 is 0 Å². The van der Waals surface area contributed by atoms with Crippen molar-refractivity contribution >= 4 is 44.1 Å². The molecular weight excluding hydrogens is 324 g/mol. The predicted molar refractivity (Wildman–Crippen MR) is 84.3 cm³/mol. The van der Waals surface area contributed by atoms with Crippen molar-refractivity contribution in [3.05, 3.63) is 58.0 Å². The van der Waals surface area contributed by atoms with E-state index in [0.717, 1.165) is 26.6 Å². The number of nitrogens with two attached hydrogens (primary N) is 1. The zero-order valence-corrected chi connectivity index (χ0v) is 12.2. The van der Waals surface area contributed by atoms with E-state index in [2.05, 4.69) is 20.9 Å². The van der Waals surface area contributed by atoms with Crippen molar-refractivity contribution in [1.29, 1.82) is 0 Å². The van der Waals surface area contributed by atoms with Crippen LogP contribution in [-0.4, -0.2) is 4.98 Å². The van der Waals surface area contributed by atoms with Gasteiger partial charge in [-0.05, 0) is 34.1 Å². The van der Waals surface area contributed by atoms with Gasteiger partial charge in [0.05, 0.1) is 21.4 Å². The Hall–Kier alpha value is -1.58. The number of pyridine rings is 1. The van der Waals surface area contributed by atoms with Gasteiger partial charge in [-0.25, -0.2) is 4.98 Å². The summed E-state index contributed by atoms with van der Waals surface area (Å²) in [5.74, 6) is 0. The van der Waals surface area contributed by atoms with Crippen molar-refractivity contribution in [2.45, 2.75) is 0 Å². The van der Waals surface area contributed by atoms with Crippen molar-refractivity contribution in [3.63, 3.8) is 0 Å². The Morgan fingerprint density at radius 1 is 1.00 bits per heavy atom. The van der Waals surface area contributed by atoms with Gasteiger partial charge >= 0.3 is 0 Å². The van der Waals surface area contributed by atoms with E-state index in [1.807, 2.05) is 48.5 Å². The van der Waals surface area contributed by atoms with Gasteiger partial charge in [-0.3, -0.25) is 0 Å². The average molecular weight is 334 g/mol. The van der Waals surface area contributed by atoms with Crippen LogP contribution in [0.25, 0.3) is 22.2 Å². The minimum atomic E-state index is 0.702. The molecule has 4 heteroatoms. The molecule has 3 rings (SSSR count). The molecule has 0 spiro atoms. The number of hydrogen-bond donors (Lipinski definition) is 1. The molecule has 0 saturated carbocycles. The SMILES string of the molecule is Nc1c(Br)c(-c2ccc(Cl)cc2)nc2ccccc12. The van der Waals surface area contributed by atoms with E-state index >= 15 is 0 Å². The van der Waals surface area contributed by atoms with E-state index in [-0.39, 0.29) is 0 Å². The number of para-hydroxylation sites is 1. The van der Waals surface area contributed by atoms with Gasteiger partial charge in [0.2, 0.25) is 0 Å². The highest BCUT2D eigenvalue weighted by molar-refractivity contribution is 9.10. The maximum Gasteiger partial charge on any atom is 0.0872 e. The summed E-state index contributed by atoms with van der Waals surface area (Å²) < 4.78 is 0.813. The highest BCUT2D eigenvalue weighted by atomic mass is 79.9. The fourth-order valence-corrected chi connectivity index (χ4v) is 2.67. The van der Waals surface area contributed by atoms with Crippen LogP contribution in [-0.2, 0) is 0 Å². The molecule has 0 aliphatic carbocycles. The number of benzene rings is 2. The Morgan fingerprint density at radius 2 is 1.68 bits per heavy atom. The van der Waals surface area contributed by atoms with Gasteiger partial charge in [-0.2, -0.15) is 0 Å². The van der Waals surface area contributed by atoms with Gasteiger partial charge in [0.15, 0.2) is 0 Å². The summed E-state index contributed by atoms with van der Waals surface area (Å²) in [6, 6.07) is 15.4. The summed E-state index contributed by atoms with van der Waals surface area (Å²) in [7, 11) is 0. The molecule has 1 heterocycles. The van der Waals surface area contributed by atoms with E-state index in [9.17, 15) is 0 Å².